The SMILES string of the molecule is CCC1CNCCN1.Clc1ccccc1. The molecule has 0 amide bonds. The van der Waals surface area contributed by atoms with E-state index in [-0.39, 0.29) is 0 Å². The molecule has 1 aliphatic rings. The number of piperazine rings is 1. The highest BCUT2D eigenvalue weighted by molar-refractivity contribution is 6.30. The first-order valence-corrected chi connectivity index (χ1v) is 5.85. The first-order valence-electron chi connectivity index (χ1n) is 5.47. The second-order valence-electron chi connectivity index (χ2n) is 3.56. The number of nitrogens with one attached hydrogen (secondary N) is 2. The van der Waals surface area contributed by atoms with Crippen LogP contribution in [0, 0.1) is 0 Å². The minimum absolute atomic E-state index is 0.726. The van der Waals surface area contributed by atoms with Crippen molar-refractivity contribution in [3.63, 3.8) is 0 Å². The number of rotatable bonds is 1. The Balaban J connectivity index is 0.000000151. The lowest BCUT2D eigenvalue weighted by molar-refractivity contribution is 0.410. The first-order chi connectivity index (χ1) is 7.33. The van der Waals surface area contributed by atoms with E-state index >= 15 is 0 Å². The smallest absolute Gasteiger partial charge is 0.0405 e. The van der Waals surface area contributed by atoms with Crippen LogP contribution in [0.4, 0.5) is 0 Å². The Kier molecular flexibility index (Phi) is 6.41. The van der Waals surface area contributed by atoms with E-state index in [2.05, 4.69) is 17.6 Å². The molecule has 1 aliphatic heterocycles. The van der Waals surface area contributed by atoms with E-state index < -0.39 is 0 Å². The van der Waals surface area contributed by atoms with Crippen LogP contribution in [0.5, 0.6) is 0 Å². The standard InChI is InChI=1S/C6H5Cl.C6H14N2/c7-6-4-2-1-3-5-6;1-2-6-5-7-3-4-8-6/h1-5H;6-8H,2-5H2,1H3. The second-order valence-corrected chi connectivity index (χ2v) is 4.00. The van der Waals surface area contributed by atoms with Gasteiger partial charge in [-0.1, -0.05) is 36.7 Å². The van der Waals surface area contributed by atoms with Gasteiger partial charge in [-0.25, -0.2) is 0 Å². The summed E-state index contributed by atoms with van der Waals surface area (Å²) in [5.41, 5.74) is 0. The summed E-state index contributed by atoms with van der Waals surface area (Å²) in [5.74, 6) is 0. The minimum atomic E-state index is 0.726. The van der Waals surface area contributed by atoms with Gasteiger partial charge in [0.2, 0.25) is 0 Å². The Morgan fingerprint density at radius 3 is 2.33 bits per heavy atom. The predicted octanol–water partition coefficient (Wildman–Crippen LogP) is 2.30. The molecule has 0 spiro atoms. The van der Waals surface area contributed by atoms with Crippen molar-refractivity contribution in [2.45, 2.75) is 19.4 Å². The predicted molar refractivity (Wildman–Crippen MR) is 66.4 cm³/mol. The molecule has 1 aromatic carbocycles. The summed E-state index contributed by atoms with van der Waals surface area (Å²) >= 11 is 5.54. The summed E-state index contributed by atoms with van der Waals surface area (Å²) in [4.78, 5) is 0. The first kappa shape index (κ1) is 12.5. The third-order valence-electron chi connectivity index (χ3n) is 2.35. The summed E-state index contributed by atoms with van der Waals surface area (Å²) in [6.45, 7) is 5.64. The van der Waals surface area contributed by atoms with Gasteiger partial charge in [0.25, 0.3) is 0 Å². The van der Waals surface area contributed by atoms with Crippen LogP contribution in [0.3, 0.4) is 0 Å². The largest absolute Gasteiger partial charge is 0.314 e. The molecule has 1 fully saturated rings. The molecule has 3 heteroatoms. The van der Waals surface area contributed by atoms with Crippen molar-refractivity contribution in [3.05, 3.63) is 35.4 Å². The summed E-state index contributed by atoms with van der Waals surface area (Å²) in [7, 11) is 0. The zero-order valence-electron chi connectivity index (χ0n) is 9.17. The van der Waals surface area contributed by atoms with Crippen molar-refractivity contribution < 1.29 is 0 Å². The topological polar surface area (TPSA) is 24.1 Å². The van der Waals surface area contributed by atoms with Crippen LogP contribution in [0.1, 0.15) is 13.3 Å². The van der Waals surface area contributed by atoms with E-state index in [0.717, 1.165) is 30.7 Å². The normalized spacial score (nSPS) is 20.3. The quantitative estimate of drug-likeness (QED) is 0.768. The van der Waals surface area contributed by atoms with Gasteiger partial charge in [0.15, 0.2) is 0 Å². The molecule has 1 atom stereocenters. The second kappa shape index (κ2) is 7.69. The highest BCUT2D eigenvalue weighted by atomic mass is 35.5. The Morgan fingerprint density at radius 2 is 2.00 bits per heavy atom. The monoisotopic (exact) mass is 226 g/mol. The van der Waals surface area contributed by atoms with Crippen molar-refractivity contribution in [3.8, 4) is 0 Å². The lowest BCUT2D eigenvalue weighted by Crippen LogP contribution is -2.47. The fourth-order valence-electron chi connectivity index (χ4n) is 1.42. The molecule has 1 saturated heterocycles. The van der Waals surface area contributed by atoms with Crippen LogP contribution in [0.15, 0.2) is 30.3 Å². The van der Waals surface area contributed by atoms with Gasteiger partial charge in [0.05, 0.1) is 0 Å². The molecule has 0 bridgehead atoms. The molecule has 0 saturated carbocycles. The summed E-state index contributed by atoms with van der Waals surface area (Å²) in [5, 5.41) is 7.52. The molecule has 0 aliphatic carbocycles. The van der Waals surface area contributed by atoms with Gasteiger partial charge >= 0.3 is 0 Å². The highest BCUT2D eigenvalue weighted by Crippen LogP contribution is 2.03. The fraction of sp³-hybridized carbons (Fsp3) is 0.500. The molecule has 0 aromatic heterocycles. The molecule has 1 aromatic rings. The van der Waals surface area contributed by atoms with Crippen molar-refractivity contribution in [2.24, 2.45) is 0 Å². The molecular weight excluding hydrogens is 208 g/mol. The van der Waals surface area contributed by atoms with Crippen LogP contribution >= 0.6 is 11.6 Å². The van der Waals surface area contributed by atoms with Crippen molar-refractivity contribution >= 4 is 11.6 Å². The van der Waals surface area contributed by atoms with Crippen LogP contribution < -0.4 is 10.6 Å². The maximum absolute atomic E-state index is 5.54. The van der Waals surface area contributed by atoms with Gasteiger partial charge in [-0.2, -0.15) is 0 Å². The van der Waals surface area contributed by atoms with Gasteiger partial charge in [-0.05, 0) is 18.6 Å². The van der Waals surface area contributed by atoms with Crippen molar-refractivity contribution in [2.75, 3.05) is 19.6 Å². The summed E-state index contributed by atoms with van der Waals surface area (Å²) < 4.78 is 0. The van der Waals surface area contributed by atoms with E-state index in [1.807, 2.05) is 30.3 Å². The van der Waals surface area contributed by atoms with Crippen molar-refractivity contribution in [1.82, 2.24) is 10.6 Å². The Morgan fingerprint density at radius 1 is 1.27 bits per heavy atom. The molecule has 1 heterocycles. The van der Waals surface area contributed by atoms with Crippen LogP contribution in [-0.4, -0.2) is 25.7 Å². The number of benzene rings is 1. The Labute approximate surface area is 97.0 Å². The average Bonchev–Trinajstić information content (AvgIpc) is 2.32. The molecule has 15 heavy (non-hydrogen) atoms. The van der Waals surface area contributed by atoms with Gasteiger partial charge in [-0.15, -0.1) is 0 Å². The lowest BCUT2D eigenvalue weighted by Gasteiger charge is -2.22. The van der Waals surface area contributed by atoms with Crippen LogP contribution in [-0.2, 0) is 0 Å². The molecular formula is C12H19ClN2. The number of hydrogen-bond donors (Lipinski definition) is 2. The molecule has 1 unspecified atom stereocenters. The third kappa shape index (κ3) is 5.78. The third-order valence-corrected chi connectivity index (χ3v) is 2.60. The summed E-state index contributed by atoms with van der Waals surface area (Å²) in [6, 6.07) is 10.2. The maximum atomic E-state index is 5.54. The minimum Gasteiger partial charge on any atom is -0.314 e. The van der Waals surface area contributed by atoms with Gasteiger partial charge in [0.1, 0.15) is 0 Å². The maximum Gasteiger partial charge on any atom is 0.0405 e. The summed E-state index contributed by atoms with van der Waals surface area (Å²) in [6.07, 6.45) is 1.24. The van der Waals surface area contributed by atoms with E-state index in [1.165, 1.54) is 6.42 Å². The molecule has 0 radical (unpaired) electrons. The zero-order valence-corrected chi connectivity index (χ0v) is 9.93. The van der Waals surface area contributed by atoms with Gasteiger partial charge < -0.3 is 10.6 Å². The Bertz CT molecular complexity index is 245. The highest BCUT2D eigenvalue weighted by Gasteiger charge is 2.07. The fourth-order valence-corrected chi connectivity index (χ4v) is 1.56. The molecule has 2 nitrogen and oxygen atoms in total. The van der Waals surface area contributed by atoms with Gasteiger partial charge in [0, 0.05) is 30.7 Å². The van der Waals surface area contributed by atoms with Gasteiger partial charge in [-0.3, -0.25) is 0 Å². The van der Waals surface area contributed by atoms with Crippen LogP contribution in [0.2, 0.25) is 5.02 Å². The van der Waals surface area contributed by atoms with Crippen molar-refractivity contribution in [1.29, 1.82) is 0 Å². The average molecular weight is 227 g/mol. The number of hydrogen-bond acceptors (Lipinski definition) is 2. The molecule has 2 N–H and O–H groups in total. The lowest BCUT2D eigenvalue weighted by atomic mass is 10.2. The van der Waals surface area contributed by atoms with E-state index in [0.29, 0.717) is 0 Å². The Hall–Kier alpha value is -0.570. The number of halogens is 1. The van der Waals surface area contributed by atoms with E-state index in [1.54, 1.807) is 0 Å². The molecule has 2 rings (SSSR count). The van der Waals surface area contributed by atoms with E-state index in [4.69, 9.17) is 11.6 Å². The zero-order chi connectivity index (χ0) is 10.9. The van der Waals surface area contributed by atoms with E-state index in [9.17, 15) is 0 Å². The van der Waals surface area contributed by atoms with Crippen LogP contribution in [0.25, 0.3) is 0 Å². The molecule has 84 valence electrons.